The van der Waals surface area contributed by atoms with Gasteiger partial charge in [0.15, 0.2) is 11.5 Å². The van der Waals surface area contributed by atoms with Crippen LogP contribution in [0.3, 0.4) is 0 Å². The van der Waals surface area contributed by atoms with Crippen molar-refractivity contribution in [2.75, 3.05) is 7.11 Å². The van der Waals surface area contributed by atoms with Crippen LogP contribution in [0.15, 0.2) is 46.9 Å². The molecule has 2 aromatic rings. The minimum absolute atomic E-state index is 0.165. The number of hydrogen-bond acceptors (Lipinski definition) is 3. The molecule has 0 fully saturated rings. The van der Waals surface area contributed by atoms with E-state index in [9.17, 15) is 5.11 Å². The van der Waals surface area contributed by atoms with Crippen molar-refractivity contribution in [3.63, 3.8) is 0 Å². The van der Waals surface area contributed by atoms with Gasteiger partial charge in [-0.15, -0.1) is 0 Å². The van der Waals surface area contributed by atoms with Gasteiger partial charge in [0.25, 0.3) is 0 Å². The quantitative estimate of drug-likeness (QED) is 0.886. The summed E-state index contributed by atoms with van der Waals surface area (Å²) in [6.07, 6.45) is 0. The Balaban J connectivity index is 1.92. The molecule has 0 atom stereocenters. The second-order valence-corrected chi connectivity index (χ2v) is 5.16. The lowest BCUT2D eigenvalue weighted by atomic mass is 10.2. The molecule has 0 unspecified atom stereocenters. The van der Waals surface area contributed by atoms with Crippen LogP contribution in [-0.4, -0.2) is 12.2 Å². The second-order valence-electron chi connectivity index (χ2n) is 4.24. The van der Waals surface area contributed by atoms with E-state index in [1.807, 2.05) is 24.3 Å². The number of phenols is 1. The van der Waals surface area contributed by atoms with E-state index in [1.165, 1.54) is 5.56 Å². The van der Waals surface area contributed by atoms with Crippen LogP contribution < -0.4 is 10.1 Å². The highest BCUT2D eigenvalue weighted by Gasteiger charge is 2.02. The van der Waals surface area contributed by atoms with Crippen molar-refractivity contribution < 1.29 is 9.84 Å². The summed E-state index contributed by atoms with van der Waals surface area (Å²) in [5.74, 6) is 0.667. The lowest BCUT2D eigenvalue weighted by Crippen LogP contribution is -2.12. The zero-order chi connectivity index (χ0) is 13.7. The van der Waals surface area contributed by atoms with E-state index in [-0.39, 0.29) is 5.75 Å². The lowest BCUT2D eigenvalue weighted by Gasteiger charge is -2.08. The first-order valence-electron chi connectivity index (χ1n) is 6.00. The predicted octanol–water partition coefficient (Wildman–Crippen LogP) is 3.45. The van der Waals surface area contributed by atoms with E-state index in [1.54, 1.807) is 13.2 Å². The van der Waals surface area contributed by atoms with Crippen molar-refractivity contribution in [1.29, 1.82) is 0 Å². The third-order valence-corrected chi connectivity index (χ3v) is 3.28. The van der Waals surface area contributed by atoms with Crippen LogP contribution in [0.25, 0.3) is 0 Å². The number of aromatic hydroxyl groups is 1. The summed E-state index contributed by atoms with van der Waals surface area (Å²) in [7, 11) is 1.55. The Morgan fingerprint density at radius 2 is 1.84 bits per heavy atom. The maximum Gasteiger partial charge on any atom is 0.160 e. The van der Waals surface area contributed by atoms with Crippen LogP contribution in [-0.2, 0) is 13.1 Å². The summed E-state index contributed by atoms with van der Waals surface area (Å²) in [6.45, 7) is 1.52. The molecule has 0 bridgehead atoms. The summed E-state index contributed by atoms with van der Waals surface area (Å²) >= 11 is 3.45. The second kappa shape index (κ2) is 6.59. The molecule has 0 aliphatic carbocycles. The molecule has 0 aromatic heterocycles. The number of phenolic OH excluding ortho intramolecular Hbond substituents is 1. The fourth-order valence-electron chi connectivity index (χ4n) is 1.83. The van der Waals surface area contributed by atoms with Gasteiger partial charge in [0, 0.05) is 17.6 Å². The van der Waals surface area contributed by atoms with Gasteiger partial charge in [-0.3, -0.25) is 0 Å². The van der Waals surface area contributed by atoms with E-state index in [2.05, 4.69) is 33.4 Å². The van der Waals surface area contributed by atoms with Crippen LogP contribution in [0, 0.1) is 0 Å². The molecule has 100 valence electrons. The molecule has 2 rings (SSSR count). The van der Waals surface area contributed by atoms with Crippen molar-refractivity contribution in [3.8, 4) is 11.5 Å². The number of hydrogen-bond donors (Lipinski definition) is 2. The van der Waals surface area contributed by atoms with Gasteiger partial charge in [-0.2, -0.15) is 0 Å². The third-order valence-electron chi connectivity index (χ3n) is 2.79. The summed E-state index contributed by atoms with van der Waals surface area (Å²) in [6, 6.07) is 13.6. The molecule has 3 nitrogen and oxygen atoms in total. The minimum atomic E-state index is 0.165. The molecule has 0 spiro atoms. The number of halogens is 1. The molecule has 0 saturated heterocycles. The first-order chi connectivity index (χ1) is 9.19. The van der Waals surface area contributed by atoms with Crippen molar-refractivity contribution in [1.82, 2.24) is 5.32 Å². The average molecular weight is 322 g/mol. The highest BCUT2D eigenvalue weighted by atomic mass is 79.9. The number of methoxy groups -OCH3 is 1. The Bertz CT molecular complexity index is 558. The van der Waals surface area contributed by atoms with Gasteiger partial charge in [0.05, 0.1) is 7.11 Å². The van der Waals surface area contributed by atoms with Crippen molar-refractivity contribution in [2.45, 2.75) is 13.1 Å². The molecular formula is C15H16BrNO2. The Labute approximate surface area is 121 Å². The number of benzene rings is 2. The summed E-state index contributed by atoms with van der Waals surface area (Å²) in [5, 5.41) is 12.9. The van der Waals surface area contributed by atoms with Crippen molar-refractivity contribution in [2.24, 2.45) is 0 Å². The summed E-state index contributed by atoms with van der Waals surface area (Å²) < 4.78 is 6.16. The standard InChI is InChI=1S/C15H16BrNO2/c1-19-15-8-12(5-6-14(15)18)10-17-9-11-3-2-4-13(16)7-11/h2-8,17-18H,9-10H2,1H3. The van der Waals surface area contributed by atoms with Crippen LogP contribution in [0.4, 0.5) is 0 Å². The summed E-state index contributed by atoms with van der Waals surface area (Å²) in [4.78, 5) is 0. The molecular weight excluding hydrogens is 306 g/mol. The van der Waals surface area contributed by atoms with E-state index in [0.29, 0.717) is 5.75 Å². The molecule has 4 heteroatoms. The van der Waals surface area contributed by atoms with E-state index in [0.717, 1.165) is 23.1 Å². The van der Waals surface area contributed by atoms with Gasteiger partial charge in [0.2, 0.25) is 0 Å². The molecule has 19 heavy (non-hydrogen) atoms. The average Bonchev–Trinajstić information content (AvgIpc) is 2.41. The van der Waals surface area contributed by atoms with Gasteiger partial charge in [-0.25, -0.2) is 0 Å². The van der Waals surface area contributed by atoms with E-state index < -0.39 is 0 Å². The first kappa shape index (κ1) is 13.9. The molecule has 2 N–H and O–H groups in total. The Kier molecular flexibility index (Phi) is 4.82. The molecule has 0 aliphatic rings. The molecule has 0 radical (unpaired) electrons. The smallest absolute Gasteiger partial charge is 0.160 e. The van der Waals surface area contributed by atoms with Gasteiger partial charge < -0.3 is 15.2 Å². The topological polar surface area (TPSA) is 41.5 Å². The SMILES string of the molecule is COc1cc(CNCc2cccc(Br)c2)ccc1O. The molecule has 0 amide bonds. The van der Waals surface area contributed by atoms with Gasteiger partial charge in [0.1, 0.15) is 0 Å². The fourth-order valence-corrected chi connectivity index (χ4v) is 2.28. The van der Waals surface area contributed by atoms with Crippen molar-refractivity contribution in [3.05, 3.63) is 58.1 Å². The highest BCUT2D eigenvalue weighted by molar-refractivity contribution is 9.10. The Hall–Kier alpha value is -1.52. The monoisotopic (exact) mass is 321 g/mol. The maximum atomic E-state index is 9.52. The zero-order valence-electron chi connectivity index (χ0n) is 10.7. The van der Waals surface area contributed by atoms with Gasteiger partial charge in [-0.1, -0.05) is 34.1 Å². The Morgan fingerprint density at radius 3 is 2.53 bits per heavy atom. The normalized spacial score (nSPS) is 10.4. The van der Waals surface area contributed by atoms with Crippen molar-refractivity contribution >= 4 is 15.9 Å². The third kappa shape index (κ3) is 3.98. The number of nitrogens with one attached hydrogen (secondary N) is 1. The largest absolute Gasteiger partial charge is 0.504 e. The zero-order valence-corrected chi connectivity index (χ0v) is 12.3. The van der Waals surface area contributed by atoms with E-state index >= 15 is 0 Å². The molecule has 0 aliphatic heterocycles. The molecule has 0 saturated carbocycles. The highest BCUT2D eigenvalue weighted by Crippen LogP contribution is 2.26. The first-order valence-corrected chi connectivity index (χ1v) is 6.79. The van der Waals surface area contributed by atoms with Crippen LogP contribution in [0.2, 0.25) is 0 Å². The Morgan fingerprint density at radius 1 is 1.11 bits per heavy atom. The van der Waals surface area contributed by atoms with Crippen LogP contribution >= 0.6 is 15.9 Å². The predicted molar refractivity (Wildman–Crippen MR) is 79.3 cm³/mol. The van der Waals surface area contributed by atoms with Gasteiger partial charge in [-0.05, 0) is 35.4 Å². The van der Waals surface area contributed by atoms with Crippen LogP contribution in [0.1, 0.15) is 11.1 Å². The van der Waals surface area contributed by atoms with Gasteiger partial charge >= 0.3 is 0 Å². The maximum absolute atomic E-state index is 9.52. The number of ether oxygens (including phenoxy) is 1. The molecule has 2 aromatic carbocycles. The summed E-state index contributed by atoms with van der Waals surface area (Å²) in [5.41, 5.74) is 2.30. The fraction of sp³-hybridized carbons (Fsp3) is 0.200. The van der Waals surface area contributed by atoms with E-state index in [4.69, 9.17) is 4.74 Å². The minimum Gasteiger partial charge on any atom is -0.504 e. The molecule has 0 heterocycles. The number of rotatable bonds is 5. The lowest BCUT2D eigenvalue weighted by molar-refractivity contribution is 0.373. The van der Waals surface area contributed by atoms with Crippen LogP contribution in [0.5, 0.6) is 11.5 Å².